The molecule has 1 aliphatic heterocycles. The molecule has 0 aromatic carbocycles. The number of hydrogen-bond donors (Lipinski definition) is 2. The maximum absolute atomic E-state index is 12.3. The Kier molecular flexibility index (Phi) is 3.86. The zero-order valence-electron chi connectivity index (χ0n) is 13.6. The maximum Gasteiger partial charge on any atom is 0.251 e. The van der Waals surface area contributed by atoms with Gasteiger partial charge in [-0.25, -0.2) is 9.97 Å². The van der Waals surface area contributed by atoms with Crippen molar-refractivity contribution < 1.29 is 9.59 Å². The number of anilines is 1. The Morgan fingerprint density at radius 1 is 1.08 bits per heavy atom. The summed E-state index contributed by atoms with van der Waals surface area (Å²) in [5, 5.41) is 3.25. The number of hydrogen-bond acceptors (Lipinski definition) is 5. The van der Waals surface area contributed by atoms with Crippen molar-refractivity contribution in [1.82, 2.24) is 15.3 Å². The van der Waals surface area contributed by atoms with E-state index in [4.69, 9.17) is 5.73 Å². The highest BCUT2D eigenvalue weighted by Gasteiger charge is 2.57. The minimum atomic E-state index is -0.517. The topological polar surface area (TPSA) is 101 Å². The smallest absolute Gasteiger partial charge is 0.251 e. The van der Waals surface area contributed by atoms with Crippen LogP contribution in [0.4, 0.5) is 5.95 Å². The average Bonchev–Trinajstić information content (AvgIpc) is 3.05. The highest BCUT2D eigenvalue weighted by molar-refractivity contribution is 5.92. The van der Waals surface area contributed by atoms with E-state index in [1.54, 1.807) is 0 Å². The largest absolute Gasteiger partial charge is 0.366 e. The molecule has 7 nitrogen and oxygen atoms in total. The molecule has 2 saturated carbocycles. The van der Waals surface area contributed by atoms with Crippen LogP contribution in [0.5, 0.6) is 0 Å². The summed E-state index contributed by atoms with van der Waals surface area (Å²) in [7, 11) is 0. The van der Waals surface area contributed by atoms with E-state index >= 15 is 0 Å². The van der Waals surface area contributed by atoms with Crippen LogP contribution < -0.4 is 16.0 Å². The summed E-state index contributed by atoms with van der Waals surface area (Å²) in [5.41, 5.74) is 5.52. The molecule has 1 aromatic heterocycles. The lowest BCUT2D eigenvalue weighted by Gasteiger charge is -2.23. The summed E-state index contributed by atoms with van der Waals surface area (Å²) in [6.45, 7) is 1.71. The fourth-order valence-electron chi connectivity index (χ4n) is 4.16. The van der Waals surface area contributed by atoms with Crippen LogP contribution in [0.25, 0.3) is 0 Å². The third-order valence-electron chi connectivity index (χ3n) is 5.68. The van der Waals surface area contributed by atoms with Gasteiger partial charge in [-0.15, -0.1) is 0 Å². The number of carbonyl (C=O) groups excluding carboxylic acids is 2. The molecular weight excluding hydrogens is 306 g/mol. The summed E-state index contributed by atoms with van der Waals surface area (Å²) < 4.78 is 0. The van der Waals surface area contributed by atoms with E-state index in [1.165, 1.54) is 31.7 Å². The predicted molar refractivity (Wildman–Crippen MR) is 88.2 cm³/mol. The van der Waals surface area contributed by atoms with Gasteiger partial charge in [0.2, 0.25) is 11.9 Å². The van der Waals surface area contributed by atoms with Crippen LogP contribution in [0.2, 0.25) is 0 Å². The van der Waals surface area contributed by atoms with E-state index in [9.17, 15) is 9.59 Å². The Balaban J connectivity index is 1.29. The van der Waals surface area contributed by atoms with Crippen molar-refractivity contribution in [2.75, 3.05) is 18.0 Å². The fourth-order valence-corrected chi connectivity index (χ4v) is 4.16. The molecule has 2 aliphatic carbocycles. The first-order valence-electron chi connectivity index (χ1n) is 8.80. The van der Waals surface area contributed by atoms with Crippen LogP contribution in [-0.4, -0.2) is 40.9 Å². The molecule has 3 N–H and O–H groups in total. The van der Waals surface area contributed by atoms with Gasteiger partial charge >= 0.3 is 0 Å². The Morgan fingerprint density at radius 2 is 1.71 bits per heavy atom. The van der Waals surface area contributed by atoms with E-state index in [2.05, 4.69) is 20.2 Å². The summed E-state index contributed by atoms with van der Waals surface area (Å²) in [4.78, 5) is 34.0. The number of nitrogens with one attached hydrogen (secondary N) is 1. The first-order valence-corrected chi connectivity index (χ1v) is 8.80. The van der Waals surface area contributed by atoms with Gasteiger partial charge in [0.15, 0.2) is 0 Å². The Labute approximate surface area is 141 Å². The number of primary amides is 1. The minimum Gasteiger partial charge on any atom is -0.366 e. The molecule has 7 heteroatoms. The molecule has 24 heavy (non-hydrogen) atoms. The summed E-state index contributed by atoms with van der Waals surface area (Å²) in [5.74, 6) is 1.58. The molecular formula is C17H23N5O2. The van der Waals surface area contributed by atoms with Gasteiger partial charge in [0, 0.05) is 49.3 Å². The quantitative estimate of drug-likeness (QED) is 0.847. The van der Waals surface area contributed by atoms with Gasteiger partial charge in [0.05, 0.1) is 5.56 Å². The van der Waals surface area contributed by atoms with Crippen molar-refractivity contribution in [3.63, 3.8) is 0 Å². The van der Waals surface area contributed by atoms with Crippen LogP contribution in [0.3, 0.4) is 0 Å². The second-order valence-corrected chi connectivity index (χ2v) is 7.24. The van der Waals surface area contributed by atoms with Crippen LogP contribution in [0.15, 0.2) is 12.4 Å². The van der Waals surface area contributed by atoms with E-state index in [0.29, 0.717) is 29.4 Å². The number of rotatable bonds is 4. The molecule has 4 rings (SSSR count). The monoisotopic (exact) mass is 329 g/mol. The lowest BCUT2D eigenvalue weighted by Crippen LogP contribution is -2.38. The minimum absolute atomic E-state index is 0.223. The SMILES string of the molecule is NC(=O)c1cnc(N2CC3C(C2)C3NC(=O)C2CCCCC2)nc1. The van der Waals surface area contributed by atoms with Crippen LogP contribution >= 0.6 is 0 Å². The third-order valence-corrected chi connectivity index (χ3v) is 5.68. The molecule has 1 saturated heterocycles. The van der Waals surface area contributed by atoms with Crippen molar-refractivity contribution in [1.29, 1.82) is 0 Å². The lowest BCUT2D eigenvalue weighted by atomic mass is 9.88. The standard InChI is InChI=1S/C17H23N5O2/c18-15(23)11-6-19-17(20-7-11)22-8-12-13(9-22)14(12)21-16(24)10-4-2-1-3-5-10/h6-7,10,12-14H,1-5,8-9H2,(H2,18,23)(H,21,24). The van der Waals surface area contributed by atoms with E-state index in [1.807, 2.05) is 0 Å². The van der Waals surface area contributed by atoms with Crippen LogP contribution in [0.1, 0.15) is 42.5 Å². The number of fused-ring (bicyclic) bond motifs is 1. The van der Waals surface area contributed by atoms with Crippen molar-refractivity contribution >= 4 is 17.8 Å². The second kappa shape index (κ2) is 6.03. The molecule has 2 heterocycles. The summed E-state index contributed by atoms with van der Waals surface area (Å²) in [6, 6.07) is 0.320. The average molecular weight is 329 g/mol. The zero-order chi connectivity index (χ0) is 16.7. The van der Waals surface area contributed by atoms with E-state index in [0.717, 1.165) is 25.9 Å². The number of amides is 2. The maximum atomic E-state index is 12.3. The number of piperidine rings is 1. The molecule has 0 bridgehead atoms. The van der Waals surface area contributed by atoms with Gasteiger partial charge in [0.1, 0.15) is 0 Å². The van der Waals surface area contributed by atoms with Crippen molar-refractivity contribution in [3.05, 3.63) is 18.0 Å². The first-order chi connectivity index (χ1) is 11.6. The van der Waals surface area contributed by atoms with E-state index < -0.39 is 5.91 Å². The number of nitrogens with two attached hydrogens (primary N) is 1. The third kappa shape index (κ3) is 2.83. The van der Waals surface area contributed by atoms with E-state index in [-0.39, 0.29) is 11.8 Å². The molecule has 128 valence electrons. The van der Waals surface area contributed by atoms with Gasteiger partial charge < -0.3 is 16.0 Å². The molecule has 2 amide bonds. The molecule has 2 unspecified atom stereocenters. The Morgan fingerprint density at radius 3 is 2.29 bits per heavy atom. The molecule has 0 spiro atoms. The number of carbonyl (C=O) groups is 2. The fraction of sp³-hybridized carbons (Fsp3) is 0.647. The van der Waals surface area contributed by atoms with Crippen molar-refractivity contribution in [3.8, 4) is 0 Å². The predicted octanol–water partition coefficient (Wildman–Crippen LogP) is 0.707. The Hall–Kier alpha value is -2.18. The summed E-state index contributed by atoms with van der Waals surface area (Å²) in [6.07, 6.45) is 8.65. The number of nitrogens with zero attached hydrogens (tertiary/aromatic N) is 3. The van der Waals surface area contributed by atoms with Gasteiger partial charge in [-0.2, -0.15) is 0 Å². The molecule has 1 aromatic rings. The van der Waals surface area contributed by atoms with Gasteiger partial charge in [0.25, 0.3) is 5.91 Å². The number of aromatic nitrogens is 2. The lowest BCUT2D eigenvalue weighted by molar-refractivity contribution is -0.126. The zero-order valence-corrected chi connectivity index (χ0v) is 13.6. The highest BCUT2D eigenvalue weighted by atomic mass is 16.2. The van der Waals surface area contributed by atoms with Crippen molar-refractivity contribution in [2.24, 2.45) is 23.5 Å². The molecule has 0 radical (unpaired) electrons. The normalized spacial score (nSPS) is 29.2. The van der Waals surface area contributed by atoms with Gasteiger partial charge in [-0.3, -0.25) is 9.59 Å². The van der Waals surface area contributed by atoms with Gasteiger partial charge in [-0.1, -0.05) is 19.3 Å². The van der Waals surface area contributed by atoms with Crippen LogP contribution in [0, 0.1) is 17.8 Å². The van der Waals surface area contributed by atoms with Gasteiger partial charge in [-0.05, 0) is 12.8 Å². The summed E-state index contributed by atoms with van der Waals surface area (Å²) >= 11 is 0. The molecule has 2 atom stereocenters. The first kappa shape index (κ1) is 15.4. The van der Waals surface area contributed by atoms with Crippen LogP contribution in [-0.2, 0) is 4.79 Å². The highest BCUT2D eigenvalue weighted by Crippen LogP contribution is 2.46. The molecule has 3 fully saturated rings. The second-order valence-electron chi connectivity index (χ2n) is 7.24. The molecule has 3 aliphatic rings. The van der Waals surface area contributed by atoms with Crippen molar-refractivity contribution in [2.45, 2.75) is 38.1 Å². The Bertz CT molecular complexity index is 629.